The average Bonchev–Trinajstić information content (AvgIpc) is 2.68. The molecule has 0 saturated carbocycles. The fourth-order valence-corrected chi connectivity index (χ4v) is 3.15. The zero-order valence-electron chi connectivity index (χ0n) is 13.0. The predicted molar refractivity (Wildman–Crippen MR) is 82.8 cm³/mol. The highest BCUT2D eigenvalue weighted by Crippen LogP contribution is 2.35. The molecule has 0 unspecified atom stereocenters. The first-order valence-corrected chi connectivity index (χ1v) is 7.66. The Morgan fingerprint density at radius 1 is 1.05 bits per heavy atom. The third-order valence-corrected chi connectivity index (χ3v) is 4.39. The molecule has 0 aliphatic heterocycles. The molecule has 2 rings (SSSR count). The number of ether oxygens (including phenoxy) is 2. The third-order valence-electron chi connectivity index (χ3n) is 4.39. The van der Waals surface area contributed by atoms with Crippen molar-refractivity contribution in [3.63, 3.8) is 0 Å². The van der Waals surface area contributed by atoms with E-state index in [0.29, 0.717) is 0 Å². The number of hydrogen-bond acceptors (Lipinski definition) is 3. The van der Waals surface area contributed by atoms with Gasteiger partial charge in [0.05, 0.1) is 14.2 Å². The van der Waals surface area contributed by atoms with Gasteiger partial charge in [0.25, 0.3) is 0 Å². The minimum absolute atomic E-state index is 0.854. The van der Waals surface area contributed by atoms with E-state index in [9.17, 15) is 0 Å². The van der Waals surface area contributed by atoms with E-state index < -0.39 is 0 Å². The Hall–Kier alpha value is -1.22. The van der Waals surface area contributed by atoms with Crippen LogP contribution < -0.4 is 14.8 Å². The van der Waals surface area contributed by atoms with Crippen LogP contribution in [0.5, 0.6) is 11.5 Å². The number of rotatable bonds is 6. The van der Waals surface area contributed by atoms with Crippen molar-refractivity contribution in [2.75, 3.05) is 27.8 Å². The van der Waals surface area contributed by atoms with Crippen LogP contribution in [0.25, 0.3) is 0 Å². The molecule has 0 atom stereocenters. The summed E-state index contributed by atoms with van der Waals surface area (Å²) in [6.07, 6.45) is 7.55. The van der Waals surface area contributed by atoms with Crippen LogP contribution in [-0.2, 0) is 12.8 Å². The number of hydrogen-bond donors (Lipinski definition) is 1. The van der Waals surface area contributed by atoms with E-state index in [4.69, 9.17) is 9.47 Å². The maximum absolute atomic E-state index is 5.42. The molecule has 0 radical (unpaired) electrons. The smallest absolute Gasteiger partial charge is 0.161 e. The summed E-state index contributed by atoms with van der Waals surface area (Å²) in [5, 5.41) is 3.24. The second-order valence-corrected chi connectivity index (χ2v) is 5.67. The second kappa shape index (κ2) is 7.53. The lowest BCUT2D eigenvalue weighted by Crippen LogP contribution is -2.10. The molecule has 1 aliphatic carbocycles. The lowest BCUT2D eigenvalue weighted by molar-refractivity contribution is 0.354. The minimum Gasteiger partial charge on any atom is -0.493 e. The normalized spacial score (nSPS) is 15.6. The van der Waals surface area contributed by atoms with Gasteiger partial charge < -0.3 is 14.8 Å². The van der Waals surface area contributed by atoms with Gasteiger partial charge in [0.1, 0.15) is 0 Å². The van der Waals surface area contributed by atoms with Crippen LogP contribution in [0.3, 0.4) is 0 Å². The quantitative estimate of drug-likeness (QED) is 0.640. The maximum atomic E-state index is 5.42. The molecule has 0 spiro atoms. The van der Waals surface area contributed by atoms with Gasteiger partial charge in [-0.25, -0.2) is 0 Å². The summed E-state index contributed by atoms with van der Waals surface area (Å²) >= 11 is 0. The zero-order valence-corrected chi connectivity index (χ0v) is 13.0. The van der Waals surface area contributed by atoms with Crippen molar-refractivity contribution in [2.45, 2.75) is 38.5 Å². The average molecular weight is 277 g/mol. The summed E-state index contributed by atoms with van der Waals surface area (Å²) in [6, 6.07) is 4.34. The van der Waals surface area contributed by atoms with Crippen molar-refractivity contribution >= 4 is 0 Å². The summed E-state index contributed by atoms with van der Waals surface area (Å²) in [7, 11) is 5.45. The van der Waals surface area contributed by atoms with Gasteiger partial charge >= 0.3 is 0 Å². The molecule has 0 heterocycles. The first kappa shape index (κ1) is 15.2. The van der Waals surface area contributed by atoms with Crippen LogP contribution in [0.4, 0.5) is 0 Å². The van der Waals surface area contributed by atoms with E-state index in [1.165, 1.54) is 49.7 Å². The Morgan fingerprint density at radius 2 is 1.60 bits per heavy atom. The molecule has 20 heavy (non-hydrogen) atoms. The molecule has 0 bridgehead atoms. The summed E-state index contributed by atoms with van der Waals surface area (Å²) in [5.41, 5.74) is 2.89. The highest BCUT2D eigenvalue weighted by Gasteiger charge is 2.18. The zero-order chi connectivity index (χ0) is 14.4. The van der Waals surface area contributed by atoms with Crippen LogP contribution in [-0.4, -0.2) is 27.8 Å². The van der Waals surface area contributed by atoms with Gasteiger partial charge in [0.2, 0.25) is 0 Å². The molecule has 0 fully saturated rings. The first-order valence-electron chi connectivity index (χ1n) is 7.66. The Morgan fingerprint density at radius 3 is 2.05 bits per heavy atom. The largest absolute Gasteiger partial charge is 0.493 e. The summed E-state index contributed by atoms with van der Waals surface area (Å²) in [6.45, 7) is 1.13. The summed E-state index contributed by atoms with van der Waals surface area (Å²) < 4.78 is 10.8. The molecule has 0 amide bonds. The van der Waals surface area contributed by atoms with Crippen LogP contribution in [0.1, 0.15) is 36.8 Å². The van der Waals surface area contributed by atoms with E-state index in [1.54, 1.807) is 14.2 Å². The van der Waals surface area contributed by atoms with E-state index in [0.717, 1.165) is 24.0 Å². The Bertz CT molecular complexity index is 396. The van der Waals surface area contributed by atoms with E-state index in [2.05, 4.69) is 17.4 Å². The minimum atomic E-state index is 0.854. The highest BCUT2D eigenvalue weighted by atomic mass is 16.5. The monoisotopic (exact) mass is 277 g/mol. The molecule has 0 saturated heterocycles. The number of benzene rings is 1. The fourth-order valence-electron chi connectivity index (χ4n) is 3.15. The van der Waals surface area contributed by atoms with Gasteiger partial charge in [-0.15, -0.1) is 0 Å². The SMILES string of the molecule is CNCCCC1CCc2cc(OC)c(OC)cc2CC1. The van der Waals surface area contributed by atoms with Gasteiger partial charge in [-0.2, -0.15) is 0 Å². The van der Waals surface area contributed by atoms with Gasteiger partial charge in [0, 0.05) is 0 Å². The van der Waals surface area contributed by atoms with E-state index >= 15 is 0 Å². The molecule has 1 aromatic carbocycles. The number of methoxy groups -OCH3 is 2. The summed E-state index contributed by atoms with van der Waals surface area (Å²) in [5.74, 6) is 2.58. The molecular weight excluding hydrogens is 250 g/mol. The van der Waals surface area contributed by atoms with Crippen molar-refractivity contribution < 1.29 is 9.47 Å². The molecule has 3 heteroatoms. The van der Waals surface area contributed by atoms with E-state index in [1.807, 2.05) is 7.05 Å². The van der Waals surface area contributed by atoms with Crippen molar-refractivity contribution in [1.29, 1.82) is 0 Å². The van der Waals surface area contributed by atoms with Gasteiger partial charge in [-0.1, -0.05) is 0 Å². The molecule has 3 nitrogen and oxygen atoms in total. The van der Waals surface area contributed by atoms with Crippen LogP contribution in [0.2, 0.25) is 0 Å². The van der Waals surface area contributed by atoms with Crippen molar-refractivity contribution in [3.8, 4) is 11.5 Å². The van der Waals surface area contributed by atoms with Crippen molar-refractivity contribution in [2.24, 2.45) is 5.92 Å². The molecule has 112 valence electrons. The fraction of sp³-hybridized carbons (Fsp3) is 0.647. The second-order valence-electron chi connectivity index (χ2n) is 5.67. The van der Waals surface area contributed by atoms with Crippen molar-refractivity contribution in [1.82, 2.24) is 5.32 Å². The van der Waals surface area contributed by atoms with Crippen molar-refractivity contribution in [3.05, 3.63) is 23.3 Å². The lowest BCUT2D eigenvalue weighted by Gasteiger charge is -2.13. The van der Waals surface area contributed by atoms with Crippen LogP contribution in [0.15, 0.2) is 12.1 Å². The van der Waals surface area contributed by atoms with Gasteiger partial charge in [-0.05, 0) is 81.3 Å². The molecule has 1 N–H and O–H groups in total. The third kappa shape index (κ3) is 3.66. The molecule has 1 aliphatic rings. The first-order chi connectivity index (χ1) is 9.78. The molecule has 1 aromatic rings. The highest BCUT2D eigenvalue weighted by molar-refractivity contribution is 5.47. The van der Waals surface area contributed by atoms with Crippen LogP contribution in [0, 0.1) is 5.92 Å². The lowest BCUT2D eigenvalue weighted by atomic mass is 9.94. The number of fused-ring (bicyclic) bond motifs is 1. The number of nitrogens with one attached hydrogen (secondary N) is 1. The number of aryl methyl sites for hydroxylation is 2. The maximum Gasteiger partial charge on any atom is 0.161 e. The standard InChI is InChI=1S/C17H27NO2/c1-18-10-4-5-13-6-8-14-11-16(19-2)17(20-3)12-15(14)9-7-13/h11-13,18H,4-10H2,1-3H3. The Balaban J connectivity index is 2.05. The van der Waals surface area contributed by atoms with Crippen LogP contribution >= 0.6 is 0 Å². The van der Waals surface area contributed by atoms with E-state index in [-0.39, 0.29) is 0 Å². The van der Waals surface area contributed by atoms with Gasteiger partial charge in [-0.3, -0.25) is 0 Å². The topological polar surface area (TPSA) is 30.5 Å². The summed E-state index contributed by atoms with van der Waals surface area (Å²) in [4.78, 5) is 0. The molecule has 0 aromatic heterocycles. The molecular formula is C17H27NO2. The Kier molecular flexibility index (Phi) is 5.72. The Labute approximate surface area is 122 Å². The van der Waals surface area contributed by atoms with Gasteiger partial charge in [0.15, 0.2) is 11.5 Å². The predicted octanol–water partition coefficient (Wildman–Crippen LogP) is 3.20.